The van der Waals surface area contributed by atoms with E-state index in [9.17, 15) is 0 Å². The van der Waals surface area contributed by atoms with Crippen molar-refractivity contribution in [3.63, 3.8) is 0 Å². The van der Waals surface area contributed by atoms with Gasteiger partial charge in [-0.2, -0.15) is 0 Å². The van der Waals surface area contributed by atoms with Crippen LogP contribution in [0.1, 0.15) is 13.8 Å². The Kier molecular flexibility index (Phi) is 31.0. The second kappa shape index (κ2) is 19.8. The fraction of sp³-hybridized carbons (Fsp3) is 0.600. The number of terminal acetylenes is 1. The number of hydrogen-bond donors (Lipinski definition) is 0. The maximum Gasteiger partial charge on any atom is 0.0642 e. The lowest BCUT2D eigenvalue weighted by atomic mass is 10.9. The van der Waals surface area contributed by atoms with E-state index < -0.39 is 0 Å². The summed E-state index contributed by atoms with van der Waals surface area (Å²) in [6.45, 7) is 4.00. The minimum atomic E-state index is 0.660. The molecule has 0 saturated heterocycles. The summed E-state index contributed by atoms with van der Waals surface area (Å²) in [7, 11) is 0. The zero-order chi connectivity index (χ0) is 5.41. The molecule has 0 aliphatic rings. The van der Waals surface area contributed by atoms with Gasteiger partial charge in [-0.1, -0.05) is 35.7 Å². The Morgan fingerprint density at radius 1 is 1.67 bits per heavy atom. The molecule has 0 unspecified atom stereocenters. The average Bonchev–Trinajstić information content (AvgIpc) is 1.72. The summed E-state index contributed by atoms with van der Waals surface area (Å²) in [6.07, 6.45) is 4.73. The van der Waals surface area contributed by atoms with Gasteiger partial charge in [0.15, 0.2) is 0 Å². The summed E-state index contributed by atoms with van der Waals surface area (Å²) in [4.78, 5) is 0. The molecule has 0 aromatic heterocycles. The van der Waals surface area contributed by atoms with E-state index in [0.717, 1.165) is 0 Å². The van der Waals surface area contributed by atoms with Crippen molar-refractivity contribution in [1.29, 1.82) is 0 Å². The second-order valence-electron chi connectivity index (χ2n) is 0.338. The first-order chi connectivity index (χ1) is 2.91. The minimum absolute atomic E-state index is 0.660. The van der Waals surface area contributed by atoms with E-state index in [0.29, 0.717) is 5.33 Å². The highest BCUT2D eigenvalue weighted by Gasteiger charge is 1.46. The third-order valence-electron chi connectivity index (χ3n) is 0.0772. The summed E-state index contributed by atoms with van der Waals surface area (Å²) >= 11 is 3.01. The van der Waals surface area contributed by atoms with E-state index in [-0.39, 0.29) is 0 Å². The molecule has 36 valence electrons. The van der Waals surface area contributed by atoms with Crippen molar-refractivity contribution >= 4 is 15.9 Å². The van der Waals surface area contributed by atoms with E-state index in [1.54, 1.807) is 0 Å². The van der Waals surface area contributed by atoms with Crippen LogP contribution in [-0.4, -0.2) is 5.33 Å². The molecule has 0 saturated carbocycles. The third kappa shape index (κ3) is 34.5. The Hall–Kier alpha value is 0.0400. The van der Waals surface area contributed by atoms with Gasteiger partial charge in [0.05, 0.1) is 5.33 Å². The van der Waals surface area contributed by atoms with E-state index >= 15 is 0 Å². The molecule has 6 heavy (non-hydrogen) atoms. The van der Waals surface area contributed by atoms with Crippen molar-refractivity contribution in [2.45, 2.75) is 13.8 Å². The van der Waals surface area contributed by atoms with Gasteiger partial charge in [-0.05, 0) is 0 Å². The highest BCUT2D eigenvalue weighted by atomic mass is 79.9. The van der Waals surface area contributed by atoms with Crippen LogP contribution in [0.15, 0.2) is 0 Å². The molecule has 0 spiro atoms. The van der Waals surface area contributed by atoms with Crippen molar-refractivity contribution in [2.24, 2.45) is 0 Å². The zero-order valence-electron chi connectivity index (χ0n) is 4.16. The molecule has 1 heteroatoms. The monoisotopic (exact) mass is 148 g/mol. The highest BCUT2D eigenvalue weighted by molar-refractivity contribution is 9.09. The molecule has 0 nitrogen and oxygen atoms in total. The van der Waals surface area contributed by atoms with Crippen molar-refractivity contribution in [2.75, 3.05) is 5.33 Å². The second-order valence-corrected chi connectivity index (χ2v) is 0.898. The van der Waals surface area contributed by atoms with Gasteiger partial charge in [-0.3, -0.25) is 0 Å². The first kappa shape index (κ1) is 9.40. The predicted octanol–water partition coefficient (Wildman–Crippen LogP) is 2.04. The van der Waals surface area contributed by atoms with E-state index in [1.807, 2.05) is 13.8 Å². The van der Waals surface area contributed by atoms with Gasteiger partial charge in [0, 0.05) is 0 Å². The summed E-state index contributed by atoms with van der Waals surface area (Å²) in [5.41, 5.74) is 0. The van der Waals surface area contributed by atoms with Crippen molar-refractivity contribution in [3.8, 4) is 12.3 Å². The van der Waals surface area contributed by atoms with Crippen LogP contribution in [0.5, 0.6) is 0 Å². The molecule has 0 aliphatic heterocycles. The van der Waals surface area contributed by atoms with Gasteiger partial charge >= 0.3 is 0 Å². The molecule has 0 aromatic carbocycles. The van der Waals surface area contributed by atoms with Gasteiger partial charge in [-0.25, -0.2) is 0 Å². The summed E-state index contributed by atoms with van der Waals surface area (Å²) in [5, 5.41) is 0.660. The Morgan fingerprint density at radius 3 is 1.83 bits per heavy atom. The van der Waals surface area contributed by atoms with Crippen LogP contribution in [0.25, 0.3) is 0 Å². The van der Waals surface area contributed by atoms with Crippen LogP contribution in [0.3, 0.4) is 0 Å². The Bertz CT molecular complexity index is 33.7. The molecule has 0 heterocycles. The molecule has 0 N–H and O–H groups in total. The molecule has 0 fully saturated rings. The number of alkyl halides is 1. The Morgan fingerprint density at radius 2 is 1.83 bits per heavy atom. The quantitative estimate of drug-likeness (QED) is 0.365. The molecule has 0 radical (unpaired) electrons. The summed E-state index contributed by atoms with van der Waals surface area (Å²) < 4.78 is 0. The van der Waals surface area contributed by atoms with Crippen LogP contribution in [0.4, 0.5) is 0 Å². The van der Waals surface area contributed by atoms with E-state index in [4.69, 9.17) is 6.42 Å². The largest absolute Gasteiger partial charge is 0.119 e. The predicted molar refractivity (Wildman–Crippen MR) is 34.0 cm³/mol. The summed E-state index contributed by atoms with van der Waals surface area (Å²) in [6, 6.07) is 0. The lowest BCUT2D eigenvalue weighted by Gasteiger charge is -1.50. The topological polar surface area (TPSA) is 0 Å². The van der Waals surface area contributed by atoms with Gasteiger partial charge in [0.2, 0.25) is 0 Å². The van der Waals surface area contributed by atoms with Crippen LogP contribution >= 0.6 is 15.9 Å². The zero-order valence-corrected chi connectivity index (χ0v) is 5.75. The van der Waals surface area contributed by atoms with Crippen LogP contribution in [0.2, 0.25) is 0 Å². The third-order valence-corrected chi connectivity index (χ3v) is 0.401. The van der Waals surface area contributed by atoms with Crippen LogP contribution < -0.4 is 0 Å². The summed E-state index contributed by atoms with van der Waals surface area (Å²) in [5.74, 6) is 2.35. The van der Waals surface area contributed by atoms with Crippen molar-refractivity contribution in [3.05, 3.63) is 0 Å². The van der Waals surface area contributed by atoms with Gasteiger partial charge < -0.3 is 0 Å². The maximum absolute atomic E-state index is 4.73. The fourth-order valence-electron chi connectivity index (χ4n) is 0. The number of rotatable bonds is 0. The lowest BCUT2D eigenvalue weighted by molar-refractivity contribution is 1.50. The molecule has 0 rings (SSSR count). The van der Waals surface area contributed by atoms with Gasteiger partial charge in [0.25, 0.3) is 0 Å². The Labute approximate surface area is 48.1 Å². The van der Waals surface area contributed by atoms with Crippen LogP contribution in [-0.2, 0) is 0 Å². The molecule has 0 aromatic rings. The first-order valence-corrected chi connectivity index (χ1v) is 3.03. The molecule has 0 bridgehead atoms. The molecule has 0 aliphatic carbocycles. The molecule has 0 atom stereocenters. The number of hydrogen-bond acceptors (Lipinski definition) is 0. The molecular weight excluding hydrogens is 140 g/mol. The van der Waals surface area contributed by atoms with Gasteiger partial charge in [0.1, 0.15) is 0 Å². The fourth-order valence-corrected chi connectivity index (χ4v) is 0. The first-order valence-electron chi connectivity index (χ1n) is 1.91. The van der Waals surface area contributed by atoms with E-state index in [1.165, 1.54) is 0 Å². The molecule has 0 amide bonds. The maximum atomic E-state index is 4.73. The smallest absolute Gasteiger partial charge is 0.0642 e. The Balaban J connectivity index is 0. The molecular formula is C5H9Br. The number of halogens is 1. The standard InChI is InChI=1S/C3H3Br.C2H6/c1-2-3-4;1-2/h1H,3H2;1-2H3. The minimum Gasteiger partial charge on any atom is -0.119 e. The SMILES string of the molecule is C#CCBr.CC. The average molecular weight is 149 g/mol. The highest BCUT2D eigenvalue weighted by Crippen LogP contribution is 1.68. The lowest BCUT2D eigenvalue weighted by Crippen LogP contribution is -1.45. The van der Waals surface area contributed by atoms with Crippen LogP contribution in [0, 0.1) is 12.3 Å². The normalized spacial score (nSPS) is 4.33. The van der Waals surface area contributed by atoms with Crippen molar-refractivity contribution < 1.29 is 0 Å². The van der Waals surface area contributed by atoms with Gasteiger partial charge in [-0.15, -0.1) is 6.42 Å². The van der Waals surface area contributed by atoms with Crippen molar-refractivity contribution in [1.82, 2.24) is 0 Å². The van der Waals surface area contributed by atoms with E-state index in [2.05, 4.69) is 21.9 Å².